The van der Waals surface area contributed by atoms with Crippen molar-refractivity contribution in [1.29, 1.82) is 0 Å². The Morgan fingerprint density at radius 2 is 1.20 bits per heavy atom. The number of carbonyl (C=O) groups excluding carboxylic acids is 8. The van der Waals surface area contributed by atoms with Crippen LogP contribution < -0.4 is 54.4 Å². The van der Waals surface area contributed by atoms with Gasteiger partial charge >= 0.3 is 5.97 Å². The minimum Gasteiger partial charge on any atom is -0.480 e. The van der Waals surface area contributed by atoms with Crippen LogP contribution >= 0.6 is 0 Å². The van der Waals surface area contributed by atoms with E-state index >= 15 is 0 Å². The van der Waals surface area contributed by atoms with Crippen LogP contribution in [0.2, 0.25) is 0 Å². The van der Waals surface area contributed by atoms with Gasteiger partial charge in [-0.2, -0.15) is 0 Å². The Hall–Kier alpha value is -5.79. The van der Waals surface area contributed by atoms with E-state index in [1.165, 1.54) is 0 Å². The number of aliphatic hydroxyl groups is 4. The van der Waals surface area contributed by atoms with Crippen LogP contribution in [0.15, 0.2) is 30.3 Å². The molecule has 0 aliphatic heterocycles. The lowest BCUT2D eigenvalue weighted by Crippen LogP contribution is -2.62. The summed E-state index contributed by atoms with van der Waals surface area (Å²) in [6, 6.07) is -1.54. The van der Waals surface area contributed by atoms with Gasteiger partial charge in [0.2, 0.25) is 47.3 Å². The highest BCUT2D eigenvalue weighted by molar-refractivity contribution is 5.97. The van der Waals surface area contributed by atoms with E-state index in [2.05, 4.69) is 37.2 Å². The Kier molecular flexibility index (Phi) is 23.4. The molecule has 8 atom stereocenters. The largest absolute Gasteiger partial charge is 0.480 e. The number of amides is 8. The number of nitrogens with two attached hydrogens (primary N) is 3. The van der Waals surface area contributed by atoms with E-state index in [0.717, 1.165) is 12.5 Å². The first-order valence-electron chi connectivity index (χ1n) is 18.5. The lowest BCUT2D eigenvalue weighted by Gasteiger charge is -2.26. The third-order valence-corrected chi connectivity index (χ3v) is 8.48. The average Bonchev–Trinajstić information content (AvgIpc) is 3.18. The number of benzene rings is 1. The van der Waals surface area contributed by atoms with E-state index in [1.54, 1.807) is 30.3 Å². The second-order valence-corrected chi connectivity index (χ2v) is 13.3. The van der Waals surface area contributed by atoms with E-state index < -0.39 is 128 Å². The topological polar surface area (TPSA) is 417 Å². The van der Waals surface area contributed by atoms with Crippen molar-refractivity contribution in [2.75, 3.05) is 32.9 Å². The smallest absolute Gasteiger partial charge is 0.328 e. The fourth-order valence-electron chi connectivity index (χ4n) is 5.13. The van der Waals surface area contributed by atoms with Crippen molar-refractivity contribution < 1.29 is 68.7 Å². The van der Waals surface area contributed by atoms with Crippen LogP contribution in [0.5, 0.6) is 0 Å². The van der Waals surface area contributed by atoms with Gasteiger partial charge in [-0.3, -0.25) is 38.4 Å². The summed E-state index contributed by atoms with van der Waals surface area (Å²) in [7, 11) is 0. The van der Waals surface area contributed by atoms with Crippen molar-refractivity contribution in [2.24, 2.45) is 17.2 Å². The molecular formula is C35H56N10O14. The van der Waals surface area contributed by atoms with Crippen LogP contribution in [0.1, 0.15) is 44.6 Å². The normalized spacial score (nSPS) is 15.0. The number of hydrogen-bond acceptors (Lipinski definition) is 15. The van der Waals surface area contributed by atoms with Gasteiger partial charge in [-0.1, -0.05) is 30.3 Å². The van der Waals surface area contributed by atoms with E-state index in [4.69, 9.17) is 22.3 Å². The second kappa shape index (κ2) is 27.0. The maximum absolute atomic E-state index is 13.0. The molecule has 0 aliphatic carbocycles. The summed E-state index contributed by atoms with van der Waals surface area (Å²) in [5, 5.41) is 64.1. The molecule has 8 amide bonds. The van der Waals surface area contributed by atoms with E-state index in [9.17, 15) is 63.6 Å². The summed E-state index contributed by atoms with van der Waals surface area (Å²) in [4.78, 5) is 111. The first-order chi connectivity index (χ1) is 27.8. The lowest BCUT2D eigenvalue weighted by atomic mass is 10.0. The van der Waals surface area contributed by atoms with E-state index in [1.807, 2.05) is 0 Å². The molecule has 0 aromatic heterocycles. The number of hydrogen-bond donors (Lipinski definition) is 15. The molecule has 0 spiro atoms. The van der Waals surface area contributed by atoms with Gasteiger partial charge in [0.1, 0.15) is 36.3 Å². The lowest BCUT2D eigenvalue weighted by molar-refractivity contribution is -0.143. The zero-order valence-corrected chi connectivity index (χ0v) is 32.4. The van der Waals surface area contributed by atoms with Crippen molar-refractivity contribution in [3.05, 3.63) is 35.9 Å². The van der Waals surface area contributed by atoms with Gasteiger partial charge in [0, 0.05) is 13.0 Å². The average molecular weight is 841 g/mol. The Morgan fingerprint density at radius 1 is 0.661 bits per heavy atom. The van der Waals surface area contributed by atoms with Crippen LogP contribution in [-0.4, -0.2) is 160 Å². The predicted octanol–water partition coefficient (Wildman–Crippen LogP) is -7.58. The molecule has 24 heteroatoms. The third-order valence-electron chi connectivity index (χ3n) is 8.48. The number of unbranched alkanes of at least 4 members (excludes halogenated alkanes) is 1. The molecule has 330 valence electrons. The molecule has 1 unspecified atom stereocenters. The number of carbonyl (C=O) groups is 9. The zero-order chi connectivity index (χ0) is 44.7. The Balaban J connectivity index is 2.72. The van der Waals surface area contributed by atoms with Crippen molar-refractivity contribution in [2.45, 2.75) is 93.8 Å². The molecule has 18 N–H and O–H groups in total. The Morgan fingerprint density at radius 3 is 1.75 bits per heavy atom. The first kappa shape index (κ1) is 51.2. The highest BCUT2D eigenvalue weighted by Gasteiger charge is 2.34. The summed E-state index contributed by atoms with van der Waals surface area (Å²) >= 11 is 0. The zero-order valence-electron chi connectivity index (χ0n) is 32.4. The summed E-state index contributed by atoms with van der Waals surface area (Å²) in [6.45, 7) is -1.08. The van der Waals surface area contributed by atoms with Gasteiger partial charge in [-0.05, 0) is 44.7 Å². The summed E-state index contributed by atoms with van der Waals surface area (Å²) in [6.07, 6.45) is -1.85. The maximum Gasteiger partial charge on any atom is 0.328 e. The van der Waals surface area contributed by atoms with Crippen LogP contribution in [0.4, 0.5) is 0 Å². The number of rotatable bonds is 29. The van der Waals surface area contributed by atoms with Crippen LogP contribution in [-0.2, 0) is 49.6 Å². The number of primary amides is 2. The number of carboxylic acids is 1. The Bertz CT molecular complexity index is 1580. The van der Waals surface area contributed by atoms with Gasteiger partial charge in [-0.15, -0.1) is 0 Å². The molecule has 0 radical (unpaired) electrons. The molecule has 0 bridgehead atoms. The molecule has 0 saturated carbocycles. The first-order valence-corrected chi connectivity index (χ1v) is 18.5. The molecule has 0 saturated heterocycles. The second-order valence-electron chi connectivity index (χ2n) is 13.3. The van der Waals surface area contributed by atoms with Crippen molar-refractivity contribution >= 4 is 53.2 Å². The number of carboxylic acid groups (broad SMARTS) is 1. The number of nitrogens with one attached hydrogen (secondary N) is 7. The SMILES string of the molecule is C[C@@H](O)[C@H](NC(=O)[C@H](CC(N)=O)NC(=O)[C@@H](N)CO)C(=O)N[C@@H](CO)C(=O)NC(CCC(=O)NCCCCN[C@H](Cc1ccccc1)C(=O)N[C@@H](CO)C(=O)O)C(N)=O. The van der Waals surface area contributed by atoms with Gasteiger partial charge in [0.25, 0.3) is 0 Å². The molecule has 59 heavy (non-hydrogen) atoms. The molecule has 0 heterocycles. The van der Waals surface area contributed by atoms with Crippen LogP contribution in [0.3, 0.4) is 0 Å². The molecule has 1 aromatic rings. The monoisotopic (exact) mass is 840 g/mol. The van der Waals surface area contributed by atoms with Crippen molar-refractivity contribution in [3.63, 3.8) is 0 Å². The molecule has 24 nitrogen and oxygen atoms in total. The highest BCUT2D eigenvalue weighted by atomic mass is 16.4. The van der Waals surface area contributed by atoms with Crippen molar-refractivity contribution in [1.82, 2.24) is 37.2 Å². The third kappa shape index (κ3) is 19.5. The summed E-state index contributed by atoms with van der Waals surface area (Å²) in [5.74, 6) is -9.19. The number of aliphatic hydroxyl groups excluding tert-OH is 4. The summed E-state index contributed by atoms with van der Waals surface area (Å²) in [5.41, 5.74) is 16.8. The predicted molar refractivity (Wildman–Crippen MR) is 205 cm³/mol. The molecule has 0 fully saturated rings. The highest BCUT2D eigenvalue weighted by Crippen LogP contribution is 2.06. The standard InChI is InChI=1S/C35H56N10O14/c1-18(49)28(45-32(55)23(14-26(37)50)42-30(53)20(36)15-46)34(57)43-24(16-47)33(56)41-21(29(38)52)9-10-27(51)40-12-6-5-11-39-22(13-19-7-3-2-4-8-19)31(54)44-25(17-48)35(58)59/h2-4,7-8,18,20-25,28,39,46-49H,5-6,9-17,36H2,1H3,(H2,37,50)(H2,38,52)(H,40,51)(H,41,56)(H,42,53)(H,43,57)(H,44,54)(H,45,55)(H,58,59)/t18-,20+,21?,22-,23+,24+,25+,28+/m1/s1. The molecule has 1 rings (SSSR count). The van der Waals surface area contributed by atoms with E-state index in [-0.39, 0.29) is 25.8 Å². The van der Waals surface area contributed by atoms with Crippen LogP contribution in [0.25, 0.3) is 0 Å². The van der Waals surface area contributed by atoms with Gasteiger partial charge in [0.15, 0.2) is 0 Å². The maximum atomic E-state index is 13.0. The van der Waals surface area contributed by atoms with Gasteiger partial charge in [0.05, 0.1) is 38.4 Å². The molecular weight excluding hydrogens is 784 g/mol. The fraction of sp³-hybridized carbons (Fsp3) is 0.571. The van der Waals surface area contributed by atoms with Crippen molar-refractivity contribution in [3.8, 4) is 0 Å². The van der Waals surface area contributed by atoms with Gasteiger partial charge in [-0.25, -0.2) is 4.79 Å². The summed E-state index contributed by atoms with van der Waals surface area (Å²) < 4.78 is 0. The fourth-order valence-corrected chi connectivity index (χ4v) is 5.13. The number of aliphatic carboxylic acids is 1. The molecule has 0 aliphatic rings. The van der Waals surface area contributed by atoms with Crippen LogP contribution in [0, 0.1) is 0 Å². The van der Waals surface area contributed by atoms with Gasteiger partial charge < -0.3 is 80.0 Å². The Labute approximate surface area is 338 Å². The van der Waals surface area contributed by atoms with E-state index in [0.29, 0.717) is 19.4 Å². The minimum absolute atomic E-state index is 0.181. The minimum atomic E-state index is -1.83. The molecule has 1 aromatic carbocycles. The quantitative estimate of drug-likeness (QED) is 0.0333.